The van der Waals surface area contributed by atoms with Gasteiger partial charge in [0.25, 0.3) is 0 Å². The Morgan fingerprint density at radius 1 is 1.53 bits per heavy atom. The van der Waals surface area contributed by atoms with Crippen LogP contribution in [0, 0.1) is 12.8 Å². The average molecular weight is 238 g/mol. The number of rotatable bonds is 5. The van der Waals surface area contributed by atoms with Crippen LogP contribution in [-0.2, 0) is 0 Å². The van der Waals surface area contributed by atoms with E-state index in [1.54, 1.807) is 0 Å². The molecule has 1 aromatic rings. The Morgan fingerprint density at radius 2 is 2.35 bits per heavy atom. The lowest BCUT2D eigenvalue weighted by atomic mass is 10.1. The zero-order valence-electron chi connectivity index (χ0n) is 10.9. The molecule has 0 radical (unpaired) electrons. The van der Waals surface area contributed by atoms with Gasteiger partial charge < -0.3 is 14.7 Å². The van der Waals surface area contributed by atoms with Crippen molar-refractivity contribution in [3.8, 4) is 0 Å². The molecule has 1 N–H and O–H groups in total. The molecule has 17 heavy (non-hydrogen) atoms. The van der Waals surface area contributed by atoms with Gasteiger partial charge in [-0.05, 0) is 32.2 Å². The van der Waals surface area contributed by atoms with Crippen molar-refractivity contribution < 1.29 is 4.52 Å². The van der Waals surface area contributed by atoms with Crippen molar-refractivity contribution >= 4 is 6.01 Å². The van der Waals surface area contributed by atoms with Crippen molar-refractivity contribution in [2.24, 2.45) is 5.92 Å². The van der Waals surface area contributed by atoms with Gasteiger partial charge in [0.15, 0.2) is 5.82 Å². The minimum Gasteiger partial charge on any atom is -0.323 e. The topological polar surface area (TPSA) is 54.2 Å². The molecular weight excluding hydrogens is 216 g/mol. The molecule has 1 unspecified atom stereocenters. The summed E-state index contributed by atoms with van der Waals surface area (Å²) >= 11 is 0. The third-order valence-electron chi connectivity index (χ3n) is 2.98. The zero-order chi connectivity index (χ0) is 12.3. The first-order chi connectivity index (χ1) is 8.15. The minimum atomic E-state index is 0.556. The lowest BCUT2D eigenvalue weighted by Crippen LogP contribution is -2.39. The van der Waals surface area contributed by atoms with Crippen molar-refractivity contribution in [2.45, 2.75) is 39.7 Å². The summed E-state index contributed by atoms with van der Waals surface area (Å²) in [6.45, 7) is 9.31. The first-order valence-electron chi connectivity index (χ1n) is 6.44. The van der Waals surface area contributed by atoms with Crippen LogP contribution >= 0.6 is 0 Å². The Bertz CT molecular complexity index is 344. The van der Waals surface area contributed by atoms with Crippen LogP contribution in [0.3, 0.4) is 0 Å². The molecule has 1 aliphatic rings. The van der Waals surface area contributed by atoms with Crippen LogP contribution in [0.4, 0.5) is 6.01 Å². The van der Waals surface area contributed by atoms with Gasteiger partial charge in [-0.25, -0.2) is 0 Å². The summed E-state index contributed by atoms with van der Waals surface area (Å²) in [4.78, 5) is 6.53. The SMILES string of the molecule is Cc1noc(N(CC(C)C)CC2CCCN2)n1. The number of hydrogen-bond acceptors (Lipinski definition) is 5. The van der Waals surface area contributed by atoms with E-state index in [1.807, 2.05) is 6.92 Å². The highest BCUT2D eigenvalue weighted by Gasteiger charge is 2.21. The Hall–Kier alpha value is -1.10. The predicted octanol–water partition coefficient (Wildman–Crippen LogP) is 1.59. The molecule has 2 heterocycles. The fourth-order valence-corrected chi connectivity index (χ4v) is 2.26. The molecule has 2 rings (SSSR count). The molecule has 1 aromatic heterocycles. The molecule has 0 aromatic carbocycles. The second kappa shape index (κ2) is 5.49. The third kappa shape index (κ3) is 3.43. The highest BCUT2D eigenvalue weighted by atomic mass is 16.5. The Morgan fingerprint density at radius 3 is 2.88 bits per heavy atom. The summed E-state index contributed by atoms with van der Waals surface area (Å²) < 4.78 is 5.27. The van der Waals surface area contributed by atoms with Crippen LogP contribution < -0.4 is 10.2 Å². The van der Waals surface area contributed by atoms with E-state index in [0.29, 0.717) is 23.8 Å². The van der Waals surface area contributed by atoms with E-state index < -0.39 is 0 Å². The van der Waals surface area contributed by atoms with Crippen LogP contribution in [0.2, 0.25) is 0 Å². The van der Waals surface area contributed by atoms with Gasteiger partial charge in [-0.1, -0.05) is 19.0 Å². The number of aromatic nitrogens is 2. The maximum Gasteiger partial charge on any atom is 0.324 e. The van der Waals surface area contributed by atoms with Gasteiger partial charge in [-0.15, -0.1) is 0 Å². The van der Waals surface area contributed by atoms with Crippen molar-refractivity contribution in [1.82, 2.24) is 15.5 Å². The molecule has 0 saturated carbocycles. The molecule has 0 amide bonds. The molecule has 1 fully saturated rings. The molecule has 0 aliphatic carbocycles. The van der Waals surface area contributed by atoms with Crippen LogP contribution in [0.1, 0.15) is 32.5 Å². The van der Waals surface area contributed by atoms with E-state index in [2.05, 4.69) is 34.2 Å². The number of aryl methyl sites for hydroxylation is 1. The Kier molecular flexibility index (Phi) is 3.99. The normalized spacial score (nSPS) is 20.1. The molecule has 1 atom stereocenters. The van der Waals surface area contributed by atoms with E-state index in [4.69, 9.17) is 4.52 Å². The largest absolute Gasteiger partial charge is 0.324 e. The molecule has 5 heteroatoms. The molecule has 5 nitrogen and oxygen atoms in total. The Labute approximate surface area is 103 Å². The van der Waals surface area contributed by atoms with Crippen LogP contribution in [0.25, 0.3) is 0 Å². The summed E-state index contributed by atoms with van der Waals surface area (Å²) in [5, 5.41) is 7.38. The van der Waals surface area contributed by atoms with E-state index >= 15 is 0 Å². The van der Waals surface area contributed by atoms with Gasteiger partial charge >= 0.3 is 6.01 Å². The van der Waals surface area contributed by atoms with Gasteiger partial charge in [-0.2, -0.15) is 4.98 Å². The summed E-state index contributed by atoms with van der Waals surface area (Å²) in [5.74, 6) is 1.29. The molecule has 1 aliphatic heterocycles. The van der Waals surface area contributed by atoms with Crippen molar-refractivity contribution in [3.05, 3.63) is 5.82 Å². The molecular formula is C12H22N4O. The smallest absolute Gasteiger partial charge is 0.323 e. The highest BCUT2D eigenvalue weighted by Crippen LogP contribution is 2.16. The van der Waals surface area contributed by atoms with Crippen LogP contribution in [0.5, 0.6) is 0 Å². The third-order valence-corrected chi connectivity index (χ3v) is 2.98. The van der Waals surface area contributed by atoms with E-state index in [0.717, 1.165) is 19.6 Å². The van der Waals surface area contributed by atoms with Crippen molar-refractivity contribution in [3.63, 3.8) is 0 Å². The fourth-order valence-electron chi connectivity index (χ4n) is 2.26. The maximum absolute atomic E-state index is 5.27. The van der Waals surface area contributed by atoms with Crippen molar-refractivity contribution in [2.75, 3.05) is 24.5 Å². The van der Waals surface area contributed by atoms with Crippen LogP contribution in [0.15, 0.2) is 4.52 Å². The molecule has 0 spiro atoms. The predicted molar refractivity (Wildman–Crippen MR) is 67.1 cm³/mol. The lowest BCUT2D eigenvalue weighted by Gasteiger charge is -2.25. The monoisotopic (exact) mass is 238 g/mol. The summed E-state index contributed by atoms with van der Waals surface area (Å²) in [6, 6.07) is 1.21. The van der Waals surface area contributed by atoms with Gasteiger partial charge in [-0.3, -0.25) is 0 Å². The number of nitrogens with one attached hydrogen (secondary N) is 1. The van der Waals surface area contributed by atoms with E-state index in [1.165, 1.54) is 12.8 Å². The quantitative estimate of drug-likeness (QED) is 0.844. The highest BCUT2D eigenvalue weighted by molar-refractivity contribution is 5.25. The van der Waals surface area contributed by atoms with E-state index in [9.17, 15) is 0 Å². The molecule has 96 valence electrons. The van der Waals surface area contributed by atoms with Gasteiger partial charge in [0.05, 0.1) is 0 Å². The number of anilines is 1. The number of hydrogen-bond donors (Lipinski definition) is 1. The molecule has 0 bridgehead atoms. The summed E-state index contributed by atoms with van der Waals surface area (Å²) in [7, 11) is 0. The number of nitrogens with zero attached hydrogens (tertiary/aromatic N) is 3. The van der Waals surface area contributed by atoms with E-state index in [-0.39, 0.29) is 0 Å². The maximum atomic E-state index is 5.27. The van der Waals surface area contributed by atoms with Gasteiger partial charge in [0.1, 0.15) is 0 Å². The fraction of sp³-hybridized carbons (Fsp3) is 0.833. The van der Waals surface area contributed by atoms with Gasteiger partial charge in [0, 0.05) is 19.1 Å². The van der Waals surface area contributed by atoms with Crippen molar-refractivity contribution in [1.29, 1.82) is 0 Å². The second-order valence-electron chi connectivity index (χ2n) is 5.22. The first-order valence-corrected chi connectivity index (χ1v) is 6.44. The average Bonchev–Trinajstić information content (AvgIpc) is 2.87. The zero-order valence-corrected chi connectivity index (χ0v) is 10.9. The molecule has 1 saturated heterocycles. The lowest BCUT2D eigenvalue weighted by molar-refractivity contribution is 0.395. The first kappa shape index (κ1) is 12.4. The van der Waals surface area contributed by atoms with Crippen LogP contribution in [-0.4, -0.2) is 35.8 Å². The second-order valence-corrected chi connectivity index (χ2v) is 5.22. The standard InChI is InChI=1S/C12H22N4O/c1-9(2)7-16(8-11-5-4-6-13-11)12-14-10(3)15-17-12/h9,11,13H,4-8H2,1-3H3. The minimum absolute atomic E-state index is 0.556. The summed E-state index contributed by atoms with van der Waals surface area (Å²) in [5.41, 5.74) is 0. The van der Waals surface area contributed by atoms with Gasteiger partial charge in [0.2, 0.25) is 0 Å². The Balaban J connectivity index is 2.01. The summed E-state index contributed by atoms with van der Waals surface area (Å²) in [6.07, 6.45) is 2.50.